The summed E-state index contributed by atoms with van der Waals surface area (Å²) in [6, 6.07) is 5.14. The molecule has 3 rings (SSSR count). The molecule has 0 radical (unpaired) electrons. The van der Waals surface area contributed by atoms with Crippen molar-refractivity contribution < 1.29 is 4.42 Å². The number of benzene rings is 1. The molecule has 0 saturated carbocycles. The Morgan fingerprint density at radius 3 is 3.05 bits per heavy atom. The van der Waals surface area contributed by atoms with E-state index in [4.69, 9.17) is 10.2 Å². The minimum absolute atomic E-state index is 0.323. The molecule has 1 aromatic carbocycles. The van der Waals surface area contributed by atoms with Crippen LogP contribution in [0.4, 0.5) is 5.69 Å². The summed E-state index contributed by atoms with van der Waals surface area (Å²) in [4.78, 5) is 16.0. The third-order valence-corrected chi connectivity index (χ3v) is 2.99. The molecule has 0 fully saturated rings. The molecule has 0 unspecified atom stereocenters. The van der Waals surface area contributed by atoms with E-state index in [1.165, 1.54) is 10.9 Å². The second kappa shape index (κ2) is 4.27. The molecular formula is C12H13N5O2. The van der Waals surface area contributed by atoms with Crippen LogP contribution in [-0.2, 0) is 13.1 Å². The summed E-state index contributed by atoms with van der Waals surface area (Å²) in [7, 11) is 0. The number of aromatic nitrogens is 4. The fraction of sp³-hybridized carbons (Fsp3) is 0.250. The van der Waals surface area contributed by atoms with Crippen LogP contribution in [0.5, 0.6) is 0 Å². The fourth-order valence-corrected chi connectivity index (χ4v) is 2.05. The van der Waals surface area contributed by atoms with Crippen LogP contribution in [0.2, 0.25) is 0 Å². The van der Waals surface area contributed by atoms with E-state index < -0.39 is 5.76 Å². The van der Waals surface area contributed by atoms with E-state index in [1.807, 2.05) is 6.92 Å². The van der Waals surface area contributed by atoms with Crippen LogP contribution in [0.3, 0.4) is 0 Å². The Kier molecular flexibility index (Phi) is 2.59. The maximum absolute atomic E-state index is 11.9. The highest BCUT2D eigenvalue weighted by Gasteiger charge is 2.12. The SMILES string of the molecule is CCn1ncnc1Cn1c(=O)oc2cc(N)ccc21. The second-order valence-corrected chi connectivity index (χ2v) is 4.17. The molecule has 0 atom stereocenters. The van der Waals surface area contributed by atoms with Crippen molar-refractivity contribution in [2.45, 2.75) is 20.0 Å². The number of hydrogen-bond acceptors (Lipinski definition) is 5. The maximum Gasteiger partial charge on any atom is 0.420 e. The number of anilines is 1. The van der Waals surface area contributed by atoms with Gasteiger partial charge in [0.05, 0.1) is 12.1 Å². The Balaban J connectivity index is 2.10. The fourth-order valence-electron chi connectivity index (χ4n) is 2.05. The summed E-state index contributed by atoms with van der Waals surface area (Å²) in [5.41, 5.74) is 7.41. The van der Waals surface area contributed by atoms with Gasteiger partial charge in [0.25, 0.3) is 0 Å². The van der Waals surface area contributed by atoms with Crippen molar-refractivity contribution in [2.24, 2.45) is 0 Å². The first-order chi connectivity index (χ1) is 9.19. The van der Waals surface area contributed by atoms with Crippen LogP contribution in [0.1, 0.15) is 12.7 Å². The lowest BCUT2D eigenvalue weighted by Gasteiger charge is -2.03. The molecule has 0 saturated heterocycles. The molecule has 98 valence electrons. The van der Waals surface area contributed by atoms with Gasteiger partial charge in [-0.05, 0) is 19.1 Å². The number of nitrogens with zero attached hydrogens (tertiary/aromatic N) is 4. The number of nitrogens with two attached hydrogens (primary N) is 1. The molecule has 3 aromatic rings. The van der Waals surface area contributed by atoms with E-state index >= 15 is 0 Å². The van der Waals surface area contributed by atoms with Crippen molar-refractivity contribution in [3.05, 3.63) is 40.9 Å². The summed E-state index contributed by atoms with van der Waals surface area (Å²) in [6.07, 6.45) is 1.48. The number of nitrogen functional groups attached to an aromatic ring is 1. The minimum Gasteiger partial charge on any atom is -0.408 e. The van der Waals surface area contributed by atoms with E-state index in [0.29, 0.717) is 35.7 Å². The number of hydrogen-bond donors (Lipinski definition) is 1. The van der Waals surface area contributed by atoms with Crippen molar-refractivity contribution in [2.75, 3.05) is 5.73 Å². The Labute approximate surface area is 108 Å². The maximum atomic E-state index is 11.9. The zero-order valence-corrected chi connectivity index (χ0v) is 10.4. The lowest BCUT2D eigenvalue weighted by atomic mass is 10.3. The number of fused-ring (bicyclic) bond motifs is 1. The molecule has 0 aliphatic carbocycles. The minimum atomic E-state index is -0.425. The van der Waals surface area contributed by atoms with Crippen LogP contribution in [0.25, 0.3) is 11.1 Å². The van der Waals surface area contributed by atoms with Crippen molar-refractivity contribution in [1.29, 1.82) is 0 Å². The molecule has 0 bridgehead atoms. The van der Waals surface area contributed by atoms with Crippen LogP contribution >= 0.6 is 0 Å². The summed E-state index contributed by atoms with van der Waals surface area (Å²) >= 11 is 0. The number of oxazole rings is 1. The Morgan fingerprint density at radius 2 is 2.26 bits per heavy atom. The molecule has 2 N–H and O–H groups in total. The van der Waals surface area contributed by atoms with E-state index in [0.717, 1.165) is 0 Å². The molecule has 19 heavy (non-hydrogen) atoms. The van der Waals surface area contributed by atoms with Crippen LogP contribution in [-0.4, -0.2) is 19.3 Å². The largest absolute Gasteiger partial charge is 0.420 e. The van der Waals surface area contributed by atoms with Gasteiger partial charge in [-0.2, -0.15) is 5.10 Å². The molecule has 0 spiro atoms. The van der Waals surface area contributed by atoms with Gasteiger partial charge in [-0.3, -0.25) is 4.57 Å². The smallest absolute Gasteiger partial charge is 0.408 e. The average Bonchev–Trinajstić information content (AvgIpc) is 2.95. The highest BCUT2D eigenvalue weighted by Crippen LogP contribution is 2.16. The van der Waals surface area contributed by atoms with Gasteiger partial charge in [0.1, 0.15) is 12.2 Å². The zero-order valence-electron chi connectivity index (χ0n) is 10.4. The van der Waals surface area contributed by atoms with Gasteiger partial charge in [0, 0.05) is 18.3 Å². The number of aryl methyl sites for hydroxylation is 1. The van der Waals surface area contributed by atoms with Gasteiger partial charge in [0.2, 0.25) is 0 Å². The third-order valence-electron chi connectivity index (χ3n) is 2.99. The highest BCUT2D eigenvalue weighted by molar-refractivity contribution is 5.76. The van der Waals surface area contributed by atoms with Gasteiger partial charge < -0.3 is 10.2 Å². The van der Waals surface area contributed by atoms with Gasteiger partial charge >= 0.3 is 5.76 Å². The van der Waals surface area contributed by atoms with Crippen molar-refractivity contribution >= 4 is 16.8 Å². The number of rotatable bonds is 3. The third kappa shape index (κ3) is 1.88. The van der Waals surface area contributed by atoms with E-state index in [9.17, 15) is 4.79 Å². The van der Waals surface area contributed by atoms with E-state index in [1.54, 1.807) is 22.9 Å². The first kappa shape index (κ1) is 11.5. The van der Waals surface area contributed by atoms with Crippen LogP contribution < -0.4 is 11.5 Å². The summed E-state index contributed by atoms with van der Waals surface area (Å²) in [5, 5.41) is 4.08. The van der Waals surface area contributed by atoms with Gasteiger partial charge in [-0.1, -0.05) is 0 Å². The van der Waals surface area contributed by atoms with Crippen LogP contribution in [0.15, 0.2) is 33.7 Å². The predicted molar refractivity (Wildman–Crippen MR) is 69.7 cm³/mol. The summed E-state index contributed by atoms with van der Waals surface area (Å²) in [5.74, 6) is 0.287. The zero-order chi connectivity index (χ0) is 13.4. The molecule has 0 amide bonds. The Bertz CT molecular complexity index is 783. The van der Waals surface area contributed by atoms with Crippen molar-refractivity contribution in [1.82, 2.24) is 19.3 Å². The quantitative estimate of drug-likeness (QED) is 0.703. The second-order valence-electron chi connectivity index (χ2n) is 4.17. The van der Waals surface area contributed by atoms with Gasteiger partial charge in [-0.25, -0.2) is 14.5 Å². The van der Waals surface area contributed by atoms with E-state index in [2.05, 4.69) is 10.1 Å². The molecule has 2 heterocycles. The Morgan fingerprint density at radius 1 is 1.42 bits per heavy atom. The molecule has 0 aliphatic rings. The molecule has 0 aliphatic heterocycles. The first-order valence-corrected chi connectivity index (χ1v) is 5.94. The lowest BCUT2D eigenvalue weighted by Crippen LogP contribution is -2.18. The molecule has 2 aromatic heterocycles. The highest BCUT2D eigenvalue weighted by atomic mass is 16.4. The lowest BCUT2D eigenvalue weighted by molar-refractivity contribution is 0.504. The Hall–Kier alpha value is -2.57. The van der Waals surface area contributed by atoms with Crippen molar-refractivity contribution in [3.63, 3.8) is 0 Å². The van der Waals surface area contributed by atoms with Gasteiger partial charge in [-0.15, -0.1) is 0 Å². The first-order valence-electron chi connectivity index (χ1n) is 5.94. The average molecular weight is 259 g/mol. The van der Waals surface area contributed by atoms with Gasteiger partial charge in [0.15, 0.2) is 5.58 Å². The normalized spacial score (nSPS) is 11.2. The molecule has 7 heteroatoms. The summed E-state index contributed by atoms with van der Waals surface area (Å²) in [6.45, 7) is 2.99. The summed E-state index contributed by atoms with van der Waals surface area (Å²) < 4.78 is 8.43. The topological polar surface area (TPSA) is 91.9 Å². The predicted octanol–water partition coefficient (Wildman–Crippen LogP) is 0.836. The monoisotopic (exact) mass is 259 g/mol. The standard InChI is InChI=1S/C12H13N5O2/c1-2-17-11(14-7-15-17)6-16-9-4-3-8(13)5-10(9)19-12(16)18/h3-5,7H,2,6,13H2,1H3. The molecule has 7 nitrogen and oxygen atoms in total. The van der Waals surface area contributed by atoms with E-state index in [-0.39, 0.29) is 0 Å². The molecular weight excluding hydrogens is 246 g/mol. The van der Waals surface area contributed by atoms with Crippen LogP contribution in [0, 0.1) is 0 Å². The van der Waals surface area contributed by atoms with Crippen molar-refractivity contribution in [3.8, 4) is 0 Å².